The first kappa shape index (κ1) is 15.0. The van der Waals surface area contributed by atoms with Gasteiger partial charge in [-0.2, -0.15) is 0 Å². The van der Waals surface area contributed by atoms with Gasteiger partial charge in [0.2, 0.25) is 0 Å². The van der Waals surface area contributed by atoms with Crippen molar-refractivity contribution in [3.05, 3.63) is 34.9 Å². The molecule has 116 valence electrons. The van der Waals surface area contributed by atoms with Gasteiger partial charge in [-0.15, -0.1) is 0 Å². The maximum Gasteiger partial charge on any atom is 0.0233 e. The number of nitrogens with zero attached hydrogens (tertiary/aromatic N) is 2. The molecule has 0 amide bonds. The number of fused-ring (bicyclic) bond motifs is 1. The fourth-order valence-corrected chi connectivity index (χ4v) is 3.73. The highest BCUT2D eigenvalue weighted by atomic mass is 15.2. The van der Waals surface area contributed by atoms with E-state index in [2.05, 4.69) is 47.3 Å². The summed E-state index contributed by atoms with van der Waals surface area (Å²) in [6.07, 6.45) is 3.81. The third kappa shape index (κ3) is 3.65. The normalized spacial score (nSPS) is 20.7. The predicted octanol–water partition coefficient (Wildman–Crippen LogP) is 2.25. The molecule has 0 bridgehead atoms. The van der Waals surface area contributed by atoms with E-state index in [9.17, 15) is 0 Å². The molecule has 0 aliphatic carbocycles. The number of piperidine rings is 1. The number of benzene rings is 1. The van der Waals surface area contributed by atoms with Gasteiger partial charge in [0.25, 0.3) is 0 Å². The van der Waals surface area contributed by atoms with Crippen molar-refractivity contribution in [1.82, 2.24) is 15.1 Å². The average molecular weight is 287 g/mol. The maximum atomic E-state index is 3.48. The number of rotatable bonds is 4. The molecule has 1 N–H and O–H groups in total. The molecule has 21 heavy (non-hydrogen) atoms. The van der Waals surface area contributed by atoms with Gasteiger partial charge in [-0.1, -0.05) is 25.1 Å². The molecular weight excluding hydrogens is 258 g/mol. The van der Waals surface area contributed by atoms with E-state index in [1.54, 1.807) is 0 Å². The van der Waals surface area contributed by atoms with E-state index in [-0.39, 0.29) is 0 Å². The highest BCUT2D eigenvalue weighted by molar-refractivity contribution is 5.33. The minimum atomic E-state index is 0.752. The molecule has 0 unspecified atom stereocenters. The van der Waals surface area contributed by atoms with Gasteiger partial charge in [-0.3, -0.25) is 4.90 Å². The standard InChI is InChI=1S/C18H29N3/c1-3-21-10-7-18(8-11-21)20(2)14-15-4-5-16-6-9-19-13-17(16)12-15/h4-5,12,18-19H,3,6-11,13-14H2,1-2H3. The van der Waals surface area contributed by atoms with Gasteiger partial charge in [0.1, 0.15) is 0 Å². The van der Waals surface area contributed by atoms with E-state index < -0.39 is 0 Å². The van der Waals surface area contributed by atoms with Crippen LogP contribution in [0, 0.1) is 0 Å². The molecule has 0 radical (unpaired) electrons. The van der Waals surface area contributed by atoms with Crippen LogP contribution in [-0.2, 0) is 19.5 Å². The molecule has 1 fully saturated rings. The Morgan fingerprint density at radius 2 is 2.05 bits per heavy atom. The SMILES string of the molecule is CCN1CCC(N(C)Cc2ccc3c(c2)CNCC3)CC1. The minimum absolute atomic E-state index is 0.752. The summed E-state index contributed by atoms with van der Waals surface area (Å²) in [7, 11) is 2.30. The van der Waals surface area contributed by atoms with Crippen LogP contribution >= 0.6 is 0 Å². The maximum absolute atomic E-state index is 3.48. The Hall–Kier alpha value is -0.900. The first-order chi connectivity index (χ1) is 10.3. The molecule has 2 aliphatic rings. The molecule has 2 heterocycles. The molecule has 3 heteroatoms. The number of nitrogens with one attached hydrogen (secondary N) is 1. The zero-order valence-electron chi connectivity index (χ0n) is 13.6. The monoisotopic (exact) mass is 287 g/mol. The highest BCUT2D eigenvalue weighted by Gasteiger charge is 2.21. The molecule has 0 spiro atoms. The molecule has 1 saturated heterocycles. The Bertz CT molecular complexity index is 464. The van der Waals surface area contributed by atoms with Crippen LogP contribution in [0.2, 0.25) is 0 Å². The highest BCUT2D eigenvalue weighted by Crippen LogP contribution is 2.20. The Labute approximate surface area is 129 Å². The Morgan fingerprint density at radius 3 is 2.81 bits per heavy atom. The second-order valence-electron chi connectivity index (χ2n) is 6.61. The van der Waals surface area contributed by atoms with Gasteiger partial charge < -0.3 is 10.2 Å². The second-order valence-corrected chi connectivity index (χ2v) is 6.61. The van der Waals surface area contributed by atoms with E-state index in [1.807, 2.05) is 0 Å². The van der Waals surface area contributed by atoms with E-state index in [4.69, 9.17) is 0 Å². The lowest BCUT2D eigenvalue weighted by Gasteiger charge is -2.36. The van der Waals surface area contributed by atoms with Crippen molar-refractivity contribution in [3.63, 3.8) is 0 Å². The van der Waals surface area contributed by atoms with Crippen LogP contribution in [0.25, 0.3) is 0 Å². The Kier molecular flexibility index (Phi) is 4.94. The quantitative estimate of drug-likeness (QED) is 0.916. The molecule has 3 rings (SSSR count). The van der Waals surface area contributed by atoms with E-state index >= 15 is 0 Å². The van der Waals surface area contributed by atoms with Gasteiger partial charge in [0.05, 0.1) is 0 Å². The van der Waals surface area contributed by atoms with Gasteiger partial charge in [-0.05, 0) is 69.2 Å². The van der Waals surface area contributed by atoms with E-state index in [0.29, 0.717) is 0 Å². The summed E-state index contributed by atoms with van der Waals surface area (Å²) in [4.78, 5) is 5.12. The van der Waals surface area contributed by atoms with Crippen molar-refractivity contribution in [2.75, 3.05) is 33.2 Å². The predicted molar refractivity (Wildman–Crippen MR) is 88.5 cm³/mol. The molecule has 1 aromatic carbocycles. The van der Waals surface area contributed by atoms with Crippen LogP contribution in [0.4, 0.5) is 0 Å². The van der Waals surface area contributed by atoms with Gasteiger partial charge in [0, 0.05) is 19.1 Å². The zero-order valence-corrected chi connectivity index (χ0v) is 13.6. The Balaban J connectivity index is 1.58. The van der Waals surface area contributed by atoms with Crippen LogP contribution in [-0.4, -0.2) is 49.1 Å². The molecule has 2 aliphatic heterocycles. The smallest absolute Gasteiger partial charge is 0.0233 e. The summed E-state index contributed by atoms with van der Waals surface area (Å²) in [6.45, 7) is 9.26. The summed E-state index contributed by atoms with van der Waals surface area (Å²) >= 11 is 0. The third-order valence-electron chi connectivity index (χ3n) is 5.22. The molecule has 0 aromatic heterocycles. The fraction of sp³-hybridized carbons (Fsp3) is 0.667. The average Bonchev–Trinajstić information content (AvgIpc) is 2.55. The van der Waals surface area contributed by atoms with Crippen molar-refractivity contribution in [3.8, 4) is 0 Å². The summed E-state index contributed by atoms with van der Waals surface area (Å²) < 4.78 is 0. The summed E-state index contributed by atoms with van der Waals surface area (Å²) in [5, 5.41) is 3.48. The lowest BCUT2D eigenvalue weighted by atomic mass is 9.97. The number of hydrogen-bond donors (Lipinski definition) is 1. The van der Waals surface area contributed by atoms with Crippen LogP contribution in [0.5, 0.6) is 0 Å². The van der Waals surface area contributed by atoms with Gasteiger partial charge >= 0.3 is 0 Å². The van der Waals surface area contributed by atoms with Crippen molar-refractivity contribution < 1.29 is 0 Å². The summed E-state index contributed by atoms with van der Waals surface area (Å²) in [5.74, 6) is 0. The summed E-state index contributed by atoms with van der Waals surface area (Å²) in [6, 6.07) is 7.85. The first-order valence-corrected chi connectivity index (χ1v) is 8.50. The lowest BCUT2D eigenvalue weighted by Crippen LogP contribution is -2.42. The zero-order chi connectivity index (χ0) is 14.7. The molecule has 0 saturated carbocycles. The van der Waals surface area contributed by atoms with E-state index in [1.165, 1.54) is 55.6 Å². The first-order valence-electron chi connectivity index (χ1n) is 8.50. The second kappa shape index (κ2) is 6.91. The van der Waals surface area contributed by atoms with Gasteiger partial charge in [0.15, 0.2) is 0 Å². The largest absolute Gasteiger partial charge is 0.312 e. The topological polar surface area (TPSA) is 18.5 Å². The van der Waals surface area contributed by atoms with Crippen LogP contribution < -0.4 is 5.32 Å². The van der Waals surface area contributed by atoms with Crippen molar-refractivity contribution in [2.24, 2.45) is 0 Å². The van der Waals surface area contributed by atoms with E-state index in [0.717, 1.165) is 25.7 Å². The van der Waals surface area contributed by atoms with Crippen molar-refractivity contribution in [2.45, 2.75) is 45.3 Å². The van der Waals surface area contributed by atoms with Crippen LogP contribution in [0.3, 0.4) is 0 Å². The Morgan fingerprint density at radius 1 is 1.24 bits per heavy atom. The fourth-order valence-electron chi connectivity index (χ4n) is 3.73. The molecule has 0 atom stereocenters. The summed E-state index contributed by atoms with van der Waals surface area (Å²) in [5.41, 5.74) is 4.52. The third-order valence-corrected chi connectivity index (χ3v) is 5.22. The molecular formula is C18H29N3. The molecule has 1 aromatic rings. The number of likely N-dealkylation sites (tertiary alicyclic amines) is 1. The van der Waals surface area contributed by atoms with Crippen molar-refractivity contribution in [1.29, 1.82) is 0 Å². The lowest BCUT2D eigenvalue weighted by molar-refractivity contribution is 0.127. The van der Waals surface area contributed by atoms with Crippen molar-refractivity contribution >= 4 is 0 Å². The minimum Gasteiger partial charge on any atom is -0.312 e. The molecule has 3 nitrogen and oxygen atoms in total. The van der Waals surface area contributed by atoms with Crippen LogP contribution in [0.1, 0.15) is 36.5 Å². The van der Waals surface area contributed by atoms with Crippen LogP contribution in [0.15, 0.2) is 18.2 Å². The number of hydrogen-bond acceptors (Lipinski definition) is 3. The van der Waals surface area contributed by atoms with Gasteiger partial charge in [-0.25, -0.2) is 0 Å².